The van der Waals surface area contributed by atoms with Crippen molar-refractivity contribution in [1.82, 2.24) is 0 Å². The van der Waals surface area contributed by atoms with Crippen LogP contribution in [0.15, 0.2) is 34.3 Å². The van der Waals surface area contributed by atoms with E-state index in [2.05, 4.69) is 33.8 Å². The van der Waals surface area contributed by atoms with E-state index in [4.69, 9.17) is 9.47 Å². The fourth-order valence-electron chi connectivity index (χ4n) is 3.48. The van der Waals surface area contributed by atoms with Gasteiger partial charge in [0.1, 0.15) is 0 Å². The molecule has 4 nitrogen and oxygen atoms in total. The standard InChI is InChI=1S/C22H34O4/c1-10-15(13-21(3,4)5)11-12-22(6,7)16-14(2)17(23)19(25-8)20(26-9)18(16)24/h11H,10,12-13H2,1-9H3/b15-11+. The van der Waals surface area contributed by atoms with Crippen LogP contribution >= 0.6 is 0 Å². The molecule has 0 saturated heterocycles. The minimum atomic E-state index is -0.474. The van der Waals surface area contributed by atoms with E-state index in [0.29, 0.717) is 17.6 Å². The van der Waals surface area contributed by atoms with Gasteiger partial charge in [0.05, 0.1) is 14.2 Å². The van der Waals surface area contributed by atoms with Crippen molar-refractivity contribution in [3.8, 4) is 0 Å². The summed E-state index contributed by atoms with van der Waals surface area (Å²) in [6.45, 7) is 14.5. The van der Waals surface area contributed by atoms with Crippen molar-refractivity contribution in [3.63, 3.8) is 0 Å². The molecule has 0 N–H and O–H groups in total. The number of rotatable bonds is 7. The van der Waals surface area contributed by atoms with E-state index in [-0.39, 0.29) is 28.5 Å². The predicted molar refractivity (Wildman–Crippen MR) is 105 cm³/mol. The zero-order valence-electron chi connectivity index (χ0n) is 17.8. The molecular formula is C22H34O4. The Hall–Kier alpha value is -1.84. The van der Waals surface area contributed by atoms with Gasteiger partial charge in [-0.2, -0.15) is 0 Å². The number of ketones is 2. The van der Waals surface area contributed by atoms with Crippen molar-refractivity contribution in [3.05, 3.63) is 34.3 Å². The first-order valence-electron chi connectivity index (χ1n) is 9.20. The fraction of sp³-hybridized carbons (Fsp3) is 0.636. The number of hydrogen-bond acceptors (Lipinski definition) is 4. The highest BCUT2D eigenvalue weighted by atomic mass is 16.5. The largest absolute Gasteiger partial charge is 0.489 e. The lowest BCUT2D eigenvalue weighted by Crippen LogP contribution is -2.32. The first-order valence-corrected chi connectivity index (χ1v) is 9.20. The Balaban J connectivity index is 3.24. The van der Waals surface area contributed by atoms with E-state index in [1.54, 1.807) is 6.92 Å². The van der Waals surface area contributed by atoms with E-state index >= 15 is 0 Å². The lowest BCUT2D eigenvalue weighted by molar-refractivity contribution is -0.121. The summed E-state index contributed by atoms with van der Waals surface area (Å²) in [5, 5.41) is 0. The highest BCUT2D eigenvalue weighted by Gasteiger charge is 2.41. The molecule has 0 aliphatic heterocycles. The highest BCUT2D eigenvalue weighted by molar-refractivity contribution is 6.23. The lowest BCUT2D eigenvalue weighted by atomic mass is 9.73. The molecule has 0 aromatic carbocycles. The molecule has 0 bridgehead atoms. The molecule has 0 aromatic heterocycles. The molecule has 26 heavy (non-hydrogen) atoms. The van der Waals surface area contributed by atoms with Gasteiger partial charge in [-0.05, 0) is 37.0 Å². The summed E-state index contributed by atoms with van der Waals surface area (Å²) in [6.07, 6.45) is 4.92. The van der Waals surface area contributed by atoms with Crippen LogP contribution in [0.25, 0.3) is 0 Å². The average molecular weight is 363 g/mol. The maximum absolute atomic E-state index is 13.0. The zero-order valence-corrected chi connectivity index (χ0v) is 17.8. The third-order valence-electron chi connectivity index (χ3n) is 4.76. The van der Waals surface area contributed by atoms with Crippen molar-refractivity contribution in [2.24, 2.45) is 10.8 Å². The van der Waals surface area contributed by atoms with Crippen LogP contribution in [-0.2, 0) is 19.1 Å². The number of methoxy groups -OCH3 is 2. The first kappa shape index (κ1) is 22.2. The van der Waals surface area contributed by atoms with E-state index in [1.807, 2.05) is 13.8 Å². The Kier molecular flexibility index (Phi) is 7.03. The van der Waals surface area contributed by atoms with Gasteiger partial charge in [0.15, 0.2) is 0 Å². The van der Waals surface area contributed by atoms with Crippen molar-refractivity contribution in [2.75, 3.05) is 14.2 Å². The summed E-state index contributed by atoms with van der Waals surface area (Å²) in [5.41, 5.74) is 2.08. The Morgan fingerprint density at radius 2 is 1.46 bits per heavy atom. The Bertz CT molecular complexity index is 667. The Morgan fingerprint density at radius 3 is 1.88 bits per heavy atom. The van der Waals surface area contributed by atoms with Gasteiger partial charge in [-0.25, -0.2) is 0 Å². The maximum Gasteiger partial charge on any atom is 0.228 e. The van der Waals surface area contributed by atoms with Gasteiger partial charge in [-0.3, -0.25) is 9.59 Å². The lowest BCUT2D eigenvalue weighted by Gasteiger charge is -2.31. The van der Waals surface area contributed by atoms with Crippen LogP contribution in [0.3, 0.4) is 0 Å². The summed E-state index contributed by atoms with van der Waals surface area (Å²) in [6, 6.07) is 0. The molecule has 0 radical (unpaired) electrons. The minimum Gasteiger partial charge on any atom is -0.489 e. The Labute approximate surface area is 158 Å². The topological polar surface area (TPSA) is 52.6 Å². The molecule has 0 aromatic rings. The van der Waals surface area contributed by atoms with Crippen LogP contribution in [0.5, 0.6) is 0 Å². The van der Waals surface area contributed by atoms with Crippen molar-refractivity contribution in [1.29, 1.82) is 0 Å². The molecule has 0 unspecified atom stereocenters. The van der Waals surface area contributed by atoms with Crippen LogP contribution in [0, 0.1) is 10.8 Å². The van der Waals surface area contributed by atoms with E-state index in [9.17, 15) is 9.59 Å². The number of ether oxygens (including phenoxy) is 2. The normalized spacial score (nSPS) is 17.2. The second-order valence-corrected chi connectivity index (χ2v) is 8.77. The fourth-order valence-corrected chi connectivity index (χ4v) is 3.48. The molecule has 0 amide bonds. The van der Waals surface area contributed by atoms with Gasteiger partial charge in [0, 0.05) is 11.1 Å². The van der Waals surface area contributed by atoms with Gasteiger partial charge in [0.25, 0.3) is 0 Å². The molecule has 1 rings (SSSR count). The second kappa shape index (κ2) is 8.24. The minimum absolute atomic E-state index is 0.000520. The van der Waals surface area contributed by atoms with E-state index < -0.39 is 5.41 Å². The smallest absolute Gasteiger partial charge is 0.228 e. The molecule has 0 fully saturated rings. The van der Waals surface area contributed by atoms with Crippen LogP contribution in [0.1, 0.15) is 67.7 Å². The van der Waals surface area contributed by atoms with Gasteiger partial charge in [0.2, 0.25) is 23.1 Å². The third-order valence-corrected chi connectivity index (χ3v) is 4.76. The number of carbonyl (C=O) groups is 2. The molecule has 4 heteroatoms. The van der Waals surface area contributed by atoms with Crippen LogP contribution in [0.2, 0.25) is 0 Å². The summed E-state index contributed by atoms with van der Waals surface area (Å²) in [5.74, 6) is -0.539. The number of Topliss-reactive ketones (excluding diaryl/α,β-unsaturated/α-hetero) is 2. The van der Waals surface area contributed by atoms with E-state index in [0.717, 1.165) is 12.8 Å². The summed E-state index contributed by atoms with van der Waals surface area (Å²) < 4.78 is 10.3. The van der Waals surface area contributed by atoms with Crippen LogP contribution in [-0.4, -0.2) is 25.8 Å². The number of allylic oxidation sites excluding steroid dienone is 4. The van der Waals surface area contributed by atoms with Crippen LogP contribution in [0.4, 0.5) is 0 Å². The number of carbonyl (C=O) groups excluding carboxylic acids is 2. The average Bonchev–Trinajstić information content (AvgIpc) is 2.53. The molecule has 0 atom stereocenters. The van der Waals surface area contributed by atoms with Crippen molar-refractivity contribution < 1.29 is 19.1 Å². The molecule has 0 saturated carbocycles. The molecular weight excluding hydrogens is 328 g/mol. The highest BCUT2D eigenvalue weighted by Crippen LogP contribution is 2.40. The van der Waals surface area contributed by atoms with Gasteiger partial charge >= 0.3 is 0 Å². The van der Waals surface area contributed by atoms with Crippen molar-refractivity contribution in [2.45, 2.75) is 67.7 Å². The molecule has 0 heterocycles. The summed E-state index contributed by atoms with van der Waals surface area (Å²) >= 11 is 0. The van der Waals surface area contributed by atoms with Gasteiger partial charge < -0.3 is 9.47 Å². The third kappa shape index (κ3) is 4.87. The number of hydrogen-bond donors (Lipinski definition) is 0. The molecule has 146 valence electrons. The Morgan fingerprint density at radius 1 is 0.962 bits per heavy atom. The molecule has 0 spiro atoms. The second-order valence-electron chi connectivity index (χ2n) is 8.77. The molecule has 1 aliphatic carbocycles. The van der Waals surface area contributed by atoms with E-state index in [1.165, 1.54) is 19.8 Å². The summed E-state index contributed by atoms with van der Waals surface area (Å²) in [7, 11) is 2.77. The van der Waals surface area contributed by atoms with Crippen molar-refractivity contribution >= 4 is 11.6 Å². The first-order chi connectivity index (χ1) is 11.9. The quantitative estimate of drug-likeness (QED) is 0.464. The summed E-state index contributed by atoms with van der Waals surface area (Å²) in [4.78, 5) is 25.6. The van der Waals surface area contributed by atoms with Crippen LogP contribution < -0.4 is 0 Å². The molecule has 1 aliphatic rings. The zero-order chi connectivity index (χ0) is 20.3. The monoisotopic (exact) mass is 362 g/mol. The van der Waals surface area contributed by atoms with Gasteiger partial charge in [-0.1, -0.05) is 53.2 Å². The maximum atomic E-state index is 13.0. The SMILES string of the molecule is CC/C(=C\CC(C)(C)C1=C(C)C(=O)C(OC)=C(OC)C1=O)CC(C)(C)C. The van der Waals surface area contributed by atoms with Gasteiger partial charge in [-0.15, -0.1) is 0 Å². The predicted octanol–water partition coefficient (Wildman–Crippen LogP) is 5.15.